The maximum Gasteiger partial charge on any atom is 0.122 e. The number of hydrogen-bond donors (Lipinski definition) is 1. The molecule has 0 heterocycles. The van der Waals surface area contributed by atoms with Gasteiger partial charge >= 0.3 is 0 Å². The topological polar surface area (TPSA) is 44.5 Å². The Morgan fingerprint density at radius 1 is 1.00 bits per heavy atom. The van der Waals surface area contributed by atoms with Gasteiger partial charge in [0.1, 0.15) is 29.7 Å². The van der Waals surface area contributed by atoms with Crippen LogP contribution in [0.2, 0.25) is 5.02 Å². The van der Waals surface area contributed by atoms with Gasteiger partial charge in [0.15, 0.2) is 0 Å². The molecule has 20 heavy (non-hydrogen) atoms. The highest BCUT2D eigenvalue weighted by atomic mass is 35.5. The Balaban J connectivity index is 1.83. The average Bonchev–Trinajstić information content (AvgIpc) is 2.44. The monoisotopic (exact) mass is 307 g/mol. The van der Waals surface area contributed by atoms with Gasteiger partial charge < -0.3 is 15.2 Å². The van der Waals surface area contributed by atoms with E-state index in [-0.39, 0.29) is 4.99 Å². The molecule has 0 aliphatic rings. The van der Waals surface area contributed by atoms with Gasteiger partial charge in [-0.2, -0.15) is 0 Å². The first kappa shape index (κ1) is 14.6. The molecule has 0 aliphatic heterocycles. The van der Waals surface area contributed by atoms with Gasteiger partial charge in [0.05, 0.1) is 5.02 Å². The lowest BCUT2D eigenvalue weighted by atomic mass is 10.2. The molecule has 0 spiro atoms. The number of hydrogen-bond acceptors (Lipinski definition) is 3. The molecule has 0 unspecified atom stereocenters. The Morgan fingerprint density at radius 2 is 1.65 bits per heavy atom. The van der Waals surface area contributed by atoms with Crippen LogP contribution in [0.1, 0.15) is 5.56 Å². The van der Waals surface area contributed by atoms with E-state index in [1.54, 1.807) is 18.2 Å². The number of thiocarbonyl (C=S) groups is 1. The number of rotatable bonds is 6. The normalized spacial score (nSPS) is 10.1. The van der Waals surface area contributed by atoms with Gasteiger partial charge in [-0.3, -0.25) is 0 Å². The van der Waals surface area contributed by atoms with Crippen LogP contribution in [0.25, 0.3) is 0 Å². The third-order valence-corrected chi connectivity index (χ3v) is 3.10. The van der Waals surface area contributed by atoms with Gasteiger partial charge in [0.2, 0.25) is 0 Å². The molecule has 2 aromatic rings. The molecular weight excluding hydrogens is 294 g/mol. The molecule has 0 amide bonds. The van der Waals surface area contributed by atoms with E-state index in [2.05, 4.69) is 0 Å². The Hall–Kier alpha value is -1.78. The SMILES string of the molecule is NC(=S)c1ccc(OCCOc2ccccc2)cc1Cl. The Kier molecular flexibility index (Phi) is 5.21. The van der Waals surface area contributed by atoms with Crippen LogP contribution in [-0.4, -0.2) is 18.2 Å². The largest absolute Gasteiger partial charge is 0.490 e. The summed E-state index contributed by atoms with van der Waals surface area (Å²) in [4.78, 5) is 0.272. The zero-order valence-corrected chi connectivity index (χ0v) is 12.3. The van der Waals surface area contributed by atoms with E-state index in [0.29, 0.717) is 29.5 Å². The second kappa shape index (κ2) is 7.12. The fourth-order valence-corrected chi connectivity index (χ4v) is 2.13. The summed E-state index contributed by atoms with van der Waals surface area (Å²) in [6, 6.07) is 14.8. The van der Waals surface area contributed by atoms with E-state index >= 15 is 0 Å². The summed E-state index contributed by atoms with van der Waals surface area (Å²) in [6.07, 6.45) is 0. The predicted molar refractivity (Wildman–Crippen MR) is 84.8 cm³/mol. The van der Waals surface area contributed by atoms with Crippen molar-refractivity contribution in [2.75, 3.05) is 13.2 Å². The van der Waals surface area contributed by atoms with E-state index in [1.807, 2.05) is 30.3 Å². The molecule has 3 nitrogen and oxygen atoms in total. The summed E-state index contributed by atoms with van der Waals surface area (Å²) < 4.78 is 11.1. The smallest absolute Gasteiger partial charge is 0.122 e. The van der Waals surface area contributed by atoms with E-state index in [0.717, 1.165) is 5.75 Å². The van der Waals surface area contributed by atoms with Crippen molar-refractivity contribution in [3.05, 3.63) is 59.1 Å². The molecule has 0 saturated carbocycles. The summed E-state index contributed by atoms with van der Waals surface area (Å²) >= 11 is 10.9. The van der Waals surface area contributed by atoms with Crippen molar-refractivity contribution in [2.24, 2.45) is 5.73 Å². The van der Waals surface area contributed by atoms with Crippen LogP contribution in [0.3, 0.4) is 0 Å². The van der Waals surface area contributed by atoms with Gasteiger partial charge in [0, 0.05) is 5.56 Å². The van der Waals surface area contributed by atoms with Gasteiger partial charge in [-0.05, 0) is 30.3 Å². The lowest BCUT2D eigenvalue weighted by Gasteiger charge is -2.09. The molecule has 2 rings (SSSR count). The van der Waals surface area contributed by atoms with Gasteiger partial charge in [-0.25, -0.2) is 0 Å². The zero-order chi connectivity index (χ0) is 14.4. The second-order valence-electron chi connectivity index (χ2n) is 4.02. The van der Waals surface area contributed by atoms with Gasteiger partial charge in [-0.15, -0.1) is 0 Å². The molecule has 2 aromatic carbocycles. The third-order valence-electron chi connectivity index (χ3n) is 2.57. The van der Waals surface area contributed by atoms with E-state index in [1.165, 1.54) is 0 Å². The molecule has 0 aromatic heterocycles. The fraction of sp³-hybridized carbons (Fsp3) is 0.133. The Bertz CT molecular complexity index is 590. The molecule has 0 radical (unpaired) electrons. The number of para-hydroxylation sites is 1. The van der Waals surface area contributed by atoms with Crippen LogP contribution < -0.4 is 15.2 Å². The minimum absolute atomic E-state index is 0.272. The molecule has 5 heteroatoms. The second-order valence-corrected chi connectivity index (χ2v) is 4.86. The Labute approximate surface area is 128 Å². The fourth-order valence-electron chi connectivity index (χ4n) is 1.62. The van der Waals surface area contributed by atoms with E-state index in [9.17, 15) is 0 Å². The number of ether oxygens (including phenoxy) is 2. The third kappa shape index (κ3) is 4.11. The zero-order valence-electron chi connectivity index (χ0n) is 10.7. The van der Waals surface area contributed by atoms with Crippen molar-refractivity contribution in [3.63, 3.8) is 0 Å². The number of nitrogens with two attached hydrogens (primary N) is 1. The molecule has 0 bridgehead atoms. The summed E-state index contributed by atoms with van der Waals surface area (Å²) in [7, 11) is 0. The highest BCUT2D eigenvalue weighted by Gasteiger charge is 2.05. The maximum absolute atomic E-state index is 6.05. The lowest BCUT2D eigenvalue weighted by molar-refractivity contribution is 0.217. The molecule has 0 atom stereocenters. The van der Waals surface area contributed by atoms with Crippen LogP contribution in [-0.2, 0) is 0 Å². The Morgan fingerprint density at radius 3 is 2.25 bits per heavy atom. The predicted octanol–water partition coefficient (Wildman–Crippen LogP) is 3.43. The quantitative estimate of drug-likeness (QED) is 0.656. The highest BCUT2D eigenvalue weighted by Crippen LogP contribution is 2.22. The van der Waals surface area contributed by atoms with Crippen molar-refractivity contribution in [3.8, 4) is 11.5 Å². The number of halogens is 1. The first-order valence-corrected chi connectivity index (χ1v) is 6.85. The minimum Gasteiger partial charge on any atom is -0.490 e. The van der Waals surface area contributed by atoms with Gasteiger partial charge in [-0.1, -0.05) is 42.0 Å². The first-order chi connectivity index (χ1) is 9.66. The summed E-state index contributed by atoms with van der Waals surface area (Å²) in [5, 5.41) is 0.485. The number of benzene rings is 2. The highest BCUT2D eigenvalue weighted by molar-refractivity contribution is 7.80. The molecule has 0 aliphatic carbocycles. The maximum atomic E-state index is 6.05. The van der Waals surface area contributed by atoms with Crippen molar-refractivity contribution in [1.82, 2.24) is 0 Å². The lowest BCUT2D eigenvalue weighted by Crippen LogP contribution is -2.11. The van der Waals surface area contributed by atoms with Gasteiger partial charge in [0.25, 0.3) is 0 Å². The first-order valence-electron chi connectivity index (χ1n) is 6.07. The molecule has 0 saturated heterocycles. The van der Waals surface area contributed by atoms with Crippen LogP contribution in [0.4, 0.5) is 0 Å². The summed E-state index contributed by atoms with van der Waals surface area (Å²) in [5.41, 5.74) is 6.18. The average molecular weight is 308 g/mol. The molecule has 0 fully saturated rings. The molecule has 2 N–H and O–H groups in total. The van der Waals surface area contributed by atoms with Crippen molar-refractivity contribution < 1.29 is 9.47 Å². The van der Waals surface area contributed by atoms with Crippen LogP contribution in [0.5, 0.6) is 11.5 Å². The van der Waals surface area contributed by atoms with Crippen LogP contribution in [0, 0.1) is 0 Å². The van der Waals surface area contributed by atoms with Crippen molar-refractivity contribution in [2.45, 2.75) is 0 Å². The molecular formula is C15H14ClNO2S. The summed E-state index contributed by atoms with van der Waals surface area (Å²) in [6.45, 7) is 0.885. The van der Waals surface area contributed by atoms with Crippen LogP contribution >= 0.6 is 23.8 Å². The summed E-state index contributed by atoms with van der Waals surface area (Å²) in [5.74, 6) is 1.48. The van der Waals surface area contributed by atoms with E-state index < -0.39 is 0 Å². The van der Waals surface area contributed by atoms with Crippen molar-refractivity contribution in [1.29, 1.82) is 0 Å². The minimum atomic E-state index is 0.272. The molecule has 104 valence electrons. The van der Waals surface area contributed by atoms with Crippen molar-refractivity contribution >= 4 is 28.8 Å². The van der Waals surface area contributed by atoms with E-state index in [4.69, 9.17) is 39.0 Å². The van der Waals surface area contributed by atoms with Crippen LogP contribution in [0.15, 0.2) is 48.5 Å². The standard InChI is InChI=1S/C15H14ClNO2S/c16-14-10-12(6-7-13(14)15(17)20)19-9-8-18-11-4-2-1-3-5-11/h1-7,10H,8-9H2,(H2,17,20).